The summed E-state index contributed by atoms with van der Waals surface area (Å²) in [4.78, 5) is 11.6. The van der Waals surface area contributed by atoms with Gasteiger partial charge in [-0.1, -0.05) is 0 Å². The molecule has 1 atom stereocenters. The van der Waals surface area contributed by atoms with Crippen molar-refractivity contribution in [3.05, 3.63) is 35.7 Å². The molecule has 1 N–H and O–H groups in total. The number of hydrogen-bond acceptors (Lipinski definition) is 4. The average Bonchev–Trinajstić information content (AvgIpc) is 2.82. The van der Waals surface area contributed by atoms with Crippen LogP contribution >= 0.6 is 0 Å². The second kappa shape index (κ2) is 4.20. The number of rotatable bonds is 1. The minimum atomic E-state index is 0.560. The van der Waals surface area contributed by atoms with Crippen molar-refractivity contribution in [3.63, 3.8) is 0 Å². The van der Waals surface area contributed by atoms with Gasteiger partial charge in [-0.25, -0.2) is 4.98 Å². The summed E-state index contributed by atoms with van der Waals surface area (Å²) in [5.74, 6) is 1.04. The van der Waals surface area contributed by atoms with E-state index in [2.05, 4.69) is 34.3 Å². The summed E-state index contributed by atoms with van der Waals surface area (Å²) in [5, 5.41) is 3.57. The molecule has 2 aromatic rings. The monoisotopic (exact) mass is 266 g/mol. The molecule has 2 bridgehead atoms. The molecule has 1 unspecified atom stereocenters. The highest BCUT2D eigenvalue weighted by molar-refractivity contribution is 5.76. The molecule has 0 spiro atoms. The van der Waals surface area contributed by atoms with Crippen LogP contribution in [-0.4, -0.2) is 29.1 Å². The molecular weight excluding hydrogens is 248 g/mol. The van der Waals surface area contributed by atoms with E-state index in [1.807, 2.05) is 19.2 Å². The van der Waals surface area contributed by atoms with Gasteiger partial charge in [0.1, 0.15) is 0 Å². The Bertz CT molecular complexity index is 680. The lowest BCUT2D eigenvalue weighted by Gasteiger charge is -2.28. The Kier molecular flexibility index (Phi) is 2.46. The van der Waals surface area contributed by atoms with E-state index in [1.54, 1.807) is 0 Å². The molecule has 0 amide bonds. The molecule has 1 fully saturated rings. The van der Waals surface area contributed by atoms with E-state index in [1.165, 1.54) is 17.7 Å². The first kappa shape index (κ1) is 11.7. The Morgan fingerprint density at radius 3 is 3.05 bits per heavy atom. The second-order valence-electron chi connectivity index (χ2n) is 5.78. The summed E-state index contributed by atoms with van der Waals surface area (Å²) < 4.78 is 0. The van der Waals surface area contributed by atoms with Crippen molar-refractivity contribution < 1.29 is 0 Å². The lowest BCUT2D eigenvalue weighted by atomic mass is 10.1. The third-order valence-electron chi connectivity index (χ3n) is 4.23. The van der Waals surface area contributed by atoms with Crippen molar-refractivity contribution in [3.8, 4) is 11.3 Å². The number of aryl methyl sites for hydroxylation is 2. The zero-order valence-electron chi connectivity index (χ0n) is 11.8. The SMILES string of the molecule is Cc1cc(-c2nc3c(cc2C)N2CCC(C2)N3)ccn1. The predicted octanol–water partition coefficient (Wildman–Crippen LogP) is 2.76. The Morgan fingerprint density at radius 2 is 2.20 bits per heavy atom. The summed E-state index contributed by atoms with van der Waals surface area (Å²) in [6.07, 6.45) is 3.06. The molecule has 4 rings (SSSR count). The molecule has 0 saturated carbocycles. The highest BCUT2D eigenvalue weighted by Gasteiger charge is 2.31. The highest BCUT2D eigenvalue weighted by Crippen LogP contribution is 2.37. The van der Waals surface area contributed by atoms with E-state index in [0.29, 0.717) is 6.04 Å². The molecule has 4 heteroatoms. The molecule has 2 aliphatic heterocycles. The van der Waals surface area contributed by atoms with Gasteiger partial charge in [-0.15, -0.1) is 0 Å². The summed E-state index contributed by atoms with van der Waals surface area (Å²) >= 11 is 0. The first-order valence-corrected chi connectivity index (χ1v) is 7.17. The molecule has 0 aliphatic carbocycles. The van der Waals surface area contributed by atoms with Gasteiger partial charge < -0.3 is 10.2 Å². The lowest BCUT2D eigenvalue weighted by Crippen LogP contribution is -2.32. The third kappa shape index (κ3) is 1.75. The van der Waals surface area contributed by atoms with E-state index in [9.17, 15) is 0 Å². The van der Waals surface area contributed by atoms with E-state index < -0.39 is 0 Å². The minimum absolute atomic E-state index is 0.560. The molecule has 4 nitrogen and oxygen atoms in total. The molecule has 1 saturated heterocycles. The van der Waals surface area contributed by atoms with Crippen LogP contribution in [0.25, 0.3) is 11.3 Å². The van der Waals surface area contributed by atoms with Crippen LogP contribution in [-0.2, 0) is 0 Å². The molecule has 2 aliphatic rings. The van der Waals surface area contributed by atoms with Gasteiger partial charge >= 0.3 is 0 Å². The molecular formula is C16H18N4. The normalized spacial score (nSPS) is 19.7. The van der Waals surface area contributed by atoms with Crippen LogP contribution < -0.4 is 10.2 Å². The Balaban J connectivity index is 1.85. The summed E-state index contributed by atoms with van der Waals surface area (Å²) in [5.41, 5.74) is 5.71. The van der Waals surface area contributed by atoms with Crippen molar-refractivity contribution in [2.75, 3.05) is 23.3 Å². The van der Waals surface area contributed by atoms with Crippen LogP contribution in [0.4, 0.5) is 11.5 Å². The molecule has 20 heavy (non-hydrogen) atoms. The van der Waals surface area contributed by atoms with Gasteiger partial charge in [-0.3, -0.25) is 4.98 Å². The van der Waals surface area contributed by atoms with Crippen LogP contribution in [0.1, 0.15) is 17.7 Å². The fraction of sp³-hybridized carbons (Fsp3) is 0.375. The zero-order valence-corrected chi connectivity index (χ0v) is 11.8. The number of aromatic nitrogens is 2. The van der Waals surface area contributed by atoms with Crippen LogP contribution in [0.5, 0.6) is 0 Å². The quantitative estimate of drug-likeness (QED) is 0.861. The Labute approximate surface area is 118 Å². The van der Waals surface area contributed by atoms with Crippen molar-refractivity contribution >= 4 is 11.5 Å². The van der Waals surface area contributed by atoms with E-state index in [-0.39, 0.29) is 0 Å². The van der Waals surface area contributed by atoms with Gasteiger partial charge in [0.15, 0.2) is 5.82 Å². The Morgan fingerprint density at radius 1 is 1.30 bits per heavy atom. The van der Waals surface area contributed by atoms with Crippen molar-refractivity contribution in [1.82, 2.24) is 9.97 Å². The first-order chi connectivity index (χ1) is 9.70. The maximum Gasteiger partial charge on any atom is 0.150 e. The summed E-state index contributed by atoms with van der Waals surface area (Å²) in [6, 6.07) is 6.96. The van der Waals surface area contributed by atoms with E-state index in [4.69, 9.17) is 4.98 Å². The maximum absolute atomic E-state index is 4.88. The van der Waals surface area contributed by atoms with Gasteiger partial charge in [-0.05, 0) is 44.0 Å². The molecule has 102 valence electrons. The summed E-state index contributed by atoms with van der Waals surface area (Å²) in [6.45, 7) is 6.41. The van der Waals surface area contributed by atoms with Gasteiger partial charge in [0.2, 0.25) is 0 Å². The molecule has 0 aromatic carbocycles. The van der Waals surface area contributed by atoms with E-state index in [0.717, 1.165) is 35.9 Å². The molecule has 2 aromatic heterocycles. The van der Waals surface area contributed by atoms with Gasteiger partial charge in [0, 0.05) is 36.6 Å². The number of hydrogen-bond donors (Lipinski definition) is 1. The molecule has 0 radical (unpaired) electrons. The number of nitrogens with zero attached hydrogens (tertiary/aromatic N) is 3. The van der Waals surface area contributed by atoms with Gasteiger partial charge in [0.25, 0.3) is 0 Å². The van der Waals surface area contributed by atoms with Crippen molar-refractivity contribution in [1.29, 1.82) is 0 Å². The first-order valence-electron chi connectivity index (χ1n) is 7.17. The fourth-order valence-corrected chi connectivity index (χ4v) is 3.22. The van der Waals surface area contributed by atoms with Crippen LogP contribution in [0.15, 0.2) is 24.4 Å². The van der Waals surface area contributed by atoms with Crippen molar-refractivity contribution in [2.24, 2.45) is 0 Å². The fourth-order valence-electron chi connectivity index (χ4n) is 3.22. The highest BCUT2D eigenvalue weighted by atomic mass is 15.3. The maximum atomic E-state index is 4.88. The number of pyridine rings is 2. The minimum Gasteiger partial charge on any atom is -0.366 e. The number of anilines is 2. The number of fused-ring (bicyclic) bond motifs is 4. The molecule has 4 heterocycles. The largest absolute Gasteiger partial charge is 0.366 e. The smallest absolute Gasteiger partial charge is 0.150 e. The Hall–Kier alpha value is -2.10. The average molecular weight is 266 g/mol. The van der Waals surface area contributed by atoms with E-state index >= 15 is 0 Å². The van der Waals surface area contributed by atoms with Crippen LogP contribution in [0.2, 0.25) is 0 Å². The lowest BCUT2D eigenvalue weighted by molar-refractivity contribution is 0.788. The van der Waals surface area contributed by atoms with Crippen LogP contribution in [0, 0.1) is 13.8 Å². The summed E-state index contributed by atoms with van der Waals surface area (Å²) in [7, 11) is 0. The van der Waals surface area contributed by atoms with Gasteiger partial charge in [-0.2, -0.15) is 0 Å². The van der Waals surface area contributed by atoms with Crippen LogP contribution in [0.3, 0.4) is 0 Å². The van der Waals surface area contributed by atoms with Gasteiger partial charge in [0.05, 0.1) is 11.4 Å². The number of nitrogens with one attached hydrogen (secondary N) is 1. The standard InChI is InChI=1S/C16H18N4/c1-10-7-14-16(18-13-4-6-20(14)9-13)19-15(10)12-3-5-17-11(2)8-12/h3,5,7-8,13H,4,6,9H2,1-2H3,(H,18,19). The zero-order chi connectivity index (χ0) is 13.7. The third-order valence-corrected chi connectivity index (χ3v) is 4.23. The predicted molar refractivity (Wildman–Crippen MR) is 81.2 cm³/mol. The van der Waals surface area contributed by atoms with Crippen molar-refractivity contribution in [2.45, 2.75) is 26.3 Å². The second-order valence-corrected chi connectivity index (χ2v) is 5.78. The topological polar surface area (TPSA) is 41.1 Å².